The third kappa shape index (κ3) is 4.00. The molecular weight excluding hydrogens is 256 g/mol. The van der Waals surface area contributed by atoms with E-state index in [1.165, 1.54) is 30.6 Å². The van der Waals surface area contributed by atoms with Crippen molar-refractivity contribution in [1.29, 1.82) is 0 Å². The molecule has 0 spiro atoms. The first kappa shape index (κ1) is 14.4. The highest BCUT2D eigenvalue weighted by atomic mass is 32.2. The Hall–Kier alpha value is -0.960. The van der Waals surface area contributed by atoms with Crippen molar-refractivity contribution in [3.05, 3.63) is 29.8 Å². The molecule has 2 rings (SSSR count). The van der Waals surface area contributed by atoms with Gasteiger partial charge in [-0.25, -0.2) is 0 Å². The first-order valence-electron chi connectivity index (χ1n) is 7.07. The Morgan fingerprint density at radius 3 is 2.47 bits per heavy atom. The molecule has 1 aromatic rings. The number of carboxylic acids is 1. The molecule has 0 unspecified atom stereocenters. The Bertz CT molecular complexity index is 407. The van der Waals surface area contributed by atoms with E-state index in [2.05, 4.69) is 0 Å². The summed E-state index contributed by atoms with van der Waals surface area (Å²) in [6, 6.07) is 7.98. The third-order valence-corrected chi connectivity index (χ3v) is 4.90. The summed E-state index contributed by atoms with van der Waals surface area (Å²) in [6.45, 7) is 0. The highest BCUT2D eigenvalue weighted by molar-refractivity contribution is 7.98. The summed E-state index contributed by atoms with van der Waals surface area (Å²) in [5.74, 6) is -0.265. The van der Waals surface area contributed by atoms with Crippen LogP contribution in [-0.2, 0) is 4.79 Å². The maximum atomic E-state index is 11.5. The molecule has 1 aromatic carbocycles. The van der Waals surface area contributed by atoms with Gasteiger partial charge in [-0.3, -0.25) is 4.79 Å². The molecule has 1 aliphatic carbocycles. The van der Waals surface area contributed by atoms with E-state index in [0.717, 1.165) is 24.3 Å². The van der Waals surface area contributed by atoms with Gasteiger partial charge in [-0.15, -0.1) is 11.8 Å². The molecule has 1 aliphatic rings. The monoisotopic (exact) mass is 278 g/mol. The van der Waals surface area contributed by atoms with E-state index in [0.29, 0.717) is 0 Å². The van der Waals surface area contributed by atoms with Crippen molar-refractivity contribution in [2.75, 3.05) is 6.26 Å². The van der Waals surface area contributed by atoms with Crippen molar-refractivity contribution >= 4 is 17.7 Å². The Balaban J connectivity index is 1.99. The lowest BCUT2D eigenvalue weighted by molar-refractivity contribution is -0.139. The Morgan fingerprint density at radius 2 is 1.95 bits per heavy atom. The van der Waals surface area contributed by atoms with Gasteiger partial charge in [0.2, 0.25) is 0 Å². The molecule has 1 N–H and O–H groups in total. The lowest BCUT2D eigenvalue weighted by Gasteiger charge is -2.15. The van der Waals surface area contributed by atoms with Crippen LogP contribution in [0.4, 0.5) is 0 Å². The average molecular weight is 278 g/mol. The van der Waals surface area contributed by atoms with Crippen LogP contribution in [0.3, 0.4) is 0 Å². The highest BCUT2D eigenvalue weighted by Gasteiger charge is 2.23. The van der Waals surface area contributed by atoms with E-state index >= 15 is 0 Å². The van der Waals surface area contributed by atoms with Crippen LogP contribution < -0.4 is 0 Å². The predicted molar refractivity (Wildman–Crippen MR) is 79.8 cm³/mol. The number of rotatable bonds is 6. The van der Waals surface area contributed by atoms with Gasteiger partial charge in [0.15, 0.2) is 0 Å². The van der Waals surface area contributed by atoms with Gasteiger partial charge in [0.05, 0.1) is 5.92 Å². The summed E-state index contributed by atoms with van der Waals surface area (Å²) in [5, 5.41) is 9.42. The average Bonchev–Trinajstić information content (AvgIpc) is 2.92. The number of hydrogen-bond donors (Lipinski definition) is 1. The number of carbonyl (C=O) groups is 1. The van der Waals surface area contributed by atoms with Crippen molar-refractivity contribution in [2.45, 2.75) is 49.3 Å². The molecule has 104 valence electrons. The smallest absolute Gasteiger partial charge is 0.310 e. The summed E-state index contributed by atoms with van der Waals surface area (Å²) < 4.78 is 0. The standard InChI is InChI=1S/C16H22O2S/c1-19-14-9-7-13(8-10-14)15(16(17)18)11-6-12-4-2-3-5-12/h7-10,12,15H,2-6,11H2,1H3,(H,17,18)/t15-/m1/s1. The van der Waals surface area contributed by atoms with Gasteiger partial charge in [-0.05, 0) is 42.7 Å². The second-order valence-electron chi connectivity index (χ2n) is 5.39. The van der Waals surface area contributed by atoms with E-state index in [1.54, 1.807) is 11.8 Å². The fourth-order valence-electron chi connectivity index (χ4n) is 2.97. The minimum atomic E-state index is -0.685. The SMILES string of the molecule is CSc1ccc([C@@H](CCC2CCCC2)C(=O)O)cc1. The van der Waals surface area contributed by atoms with Crippen molar-refractivity contribution in [1.82, 2.24) is 0 Å². The van der Waals surface area contributed by atoms with Gasteiger partial charge in [-0.1, -0.05) is 37.8 Å². The van der Waals surface area contributed by atoms with E-state index in [-0.39, 0.29) is 5.92 Å². The zero-order chi connectivity index (χ0) is 13.7. The van der Waals surface area contributed by atoms with Gasteiger partial charge in [-0.2, -0.15) is 0 Å². The summed E-state index contributed by atoms with van der Waals surface area (Å²) in [5.41, 5.74) is 0.947. The molecule has 0 aromatic heterocycles. The molecule has 2 nitrogen and oxygen atoms in total. The van der Waals surface area contributed by atoms with Gasteiger partial charge in [0, 0.05) is 4.90 Å². The summed E-state index contributed by atoms with van der Waals surface area (Å²) in [7, 11) is 0. The van der Waals surface area contributed by atoms with E-state index in [1.807, 2.05) is 30.5 Å². The number of carboxylic acid groups (broad SMARTS) is 1. The van der Waals surface area contributed by atoms with E-state index in [4.69, 9.17) is 0 Å². The zero-order valence-corrected chi connectivity index (χ0v) is 12.3. The van der Waals surface area contributed by atoms with Gasteiger partial charge >= 0.3 is 5.97 Å². The number of thioether (sulfide) groups is 1. The minimum Gasteiger partial charge on any atom is -0.481 e. The number of benzene rings is 1. The molecule has 19 heavy (non-hydrogen) atoms. The van der Waals surface area contributed by atoms with Crippen molar-refractivity contribution in [3.63, 3.8) is 0 Å². The third-order valence-electron chi connectivity index (χ3n) is 4.15. The molecule has 1 saturated carbocycles. The lowest BCUT2D eigenvalue weighted by atomic mass is 9.90. The quantitative estimate of drug-likeness (QED) is 0.776. The molecule has 3 heteroatoms. The maximum absolute atomic E-state index is 11.5. The second-order valence-corrected chi connectivity index (χ2v) is 6.27. The molecule has 0 heterocycles. The van der Waals surface area contributed by atoms with Crippen molar-refractivity contribution in [3.8, 4) is 0 Å². The molecule has 1 fully saturated rings. The van der Waals surface area contributed by atoms with Crippen LogP contribution in [0, 0.1) is 5.92 Å². The van der Waals surface area contributed by atoms with Gasteiger partial charge < -0.3 is 5.11 Å². The molecule has 0 bridgehead atoms. The van der Waals surface area contributed by atoms with E-state index in [9.17, 15) is 9.90 Å². The fourth-order valence-corrected chi connectivity index (χ4v) is 3.38. The number of hydrogen-bond acceptors (Lipinski definition) is 2. The van der Waals surface area contributed by atoms with Crippen LogP contribution >= 0.6 is 11.8 Å². The lowest BCUT2D eigenvalue weighted by Crippen LogP contribution is -2.13. The highest BCUT2D eigenvalue weighted by Crippen LogP contribution is 2.32. The summed E-state index contributed by atoms with van der Waals surface area (Å²) >= 11 is 1.68. The molecule has 1 atom stereocenters. The van der Waals surface area contributed by atoms with Crippen LogP contribution in [0.5, 0.6) is 0 Å². The topological polar surface area (TPSA) is 37.3 Å². The molecule has 0 amide bonds. The van der Waals surface area contributed by atoms with Crippen LogP contribution in [-0.4, -0.2) is 17.3 Å². The molecule has 0 saturated heterocycles. The van der Waals surface area contributed by atoms with Crippen LogP contribution in [0.2, 0.25) is 0 Å². The normalized spacial score (nSPS) is 17.5. The maximum Gasteiger partial charge on any atom is 0.310 e. The zero-order valence-electron chi connectivity index (χ0n) is 11.5. The second kappa shape index (κ2) is 6.99. The molecule has 0 aliphatic heterocycles. The number of aliphatic carboxylic acids is 1. The Kier molecular flexibility index (Phi) is 5.32. The fraction of sp³-hybridized carbons (Fsp3) is 0.562. The van der Waals surface area contributed by atoms with Crippen LogP contribution in [0.1, 0.15) is 50.0 Å². The van der Waals surface area contributed by atoms with Crippen LogP contribution in [0.25, 0.3) is 0 Å². The molecular formula is C16H22O2S. The predicted octanol–water partition coefficient (Wildman–Crippen LogP) is 4.55. The van der Waals surface area contributed by atoms with Crippen molar-refractivity contribution < 1.29 is 9.90 Å². The Labute approximate surface area is 119 Å². The molecule has 0 radical (unpaired) electrons. The van der Waals surface area contributed by atoms with E-state index < -0.39 is 5.97 Å². The van der Waals surface area contributed by atoms with Gasteiger partial charge in [0.25, 0.3) is 0 Å². The van der Waals surface area contributed by atoms with Crippen molar-refractivity contribution in [2.24, 2.45) is 5.92 Å². The first-order chi connectivity index (χ1) is 9.20. The van der Waals surface area contributed by atoms with Gasteiger partial charge in [0.1, 0.15) is 0 Å². The first-order valence-corrected chi connectivity index (χ1v) is 8.30. The summed E-state index contributed by atoms with van der Waals surface area (Å²) in [6.07, 6.45) is 9.09. The minimum absolute atomic E-state index is 0.337. The largest absolute Gasteiger partial charge is 0.481 e. The Morgan fingerprint density at radius 1 is 1.32 bits per heavy atom. The summed E-state index contributed by atoms with van der Waals surface area (Å²) in [4.78, 5) is 12.6. The van der Waals surface area contributed by atoms with Crippen LogP contribution in [0.15, 0.2) is 29.2 Å².